The van der Waals surface area contributed by atoms with Crippen molar-refractivity contribution in [2.24, 2.45) is 10.9 Å². The van der Waals surface area contributed by atoms with Gasteiger partial charge in [0.05, 0.1) is 13.3 Å². The number of rotatable bonds is 3. The van der Waals surface area contributed by atoms with Crippen LogP contribution in [0.3, 0.4) is 0 Å². The molecule has 5 N–H and O–H groups in total. The highest BCUT2D eigenvalue weighted by Gasteiger charge is 2.12. The summed E-state index contributed by atoms with van der Waals surface area (Å²) in [5.41, 5.74) is 5.79. The first-order chi connectivity index (χ1) is 6.70. The number of nitrogens with zero attached hydrogens (tertiary/aromatic N) is 3. The molecular formula is C7H10N6O. The molecule has 0 bridgehead atoms. The topological polar surface area (TPSA) is 123 Å². The Labute approximate surface area is 80.3 Å². The lowest BCUT2D eigenvalue weighted by molar-refractivity contribution is 0.412. The van der Waals surface area contributed by atoms with Crippen molar-refractivity contribution < 1.29 is 4.74 Å². The van der Waals surface area contributed by atoms with Gasteiger partial charge in [-0.25, -0.2) is 9.97 Å². The van der Waals surface area contributed by atoms with Crippen LogP contribution in [-0.4, -0.2) is 29.0 Å². The minimum atomic E-state index is 0.0125. The fourth-order valence-electron chi connectivity index (χ4n) is 0.916. The van der Waals surface area contributed by atoms with Crippen LogP contribution >= 0.6 is 0 Å². The van der Waals surface area contributed by atoms with Gasteiger partial charge in [-0.2, -0.15) is 5.10 Å². The van der Waals surface area contributed by atoms with E-state index in [1.165, 1.54) is 13.4 Å². The van der Waals surface area contributed by atoms with E-state index in [2.05, 4.69) is 15.1 Å². The summed E-state index contributed by atoms with van der Waals surface area (Å²) in [5, 5.41) is 10.7. The molecule has 0 aliphatic carbocycles. The molecule has 0 amide bonds. The van der Waals surface area contributed by atoms with Crippen molar-refractivity contribution in [2.75, 3.05) is 12.8 Å². The van der Waals surface area contributed by atoms with E-state index >= 15 is 0 Å². The molecule has 1 rings (SSSR count). The van der Waals surface area contributed by atoms with Gasteiger partial charge in [0.15, 0.2) is 11.6 Å². The highest BCUT2D eigenvalue weighted by molar-refractivity contribution is 6.36. The first-order valence-electron chi connectivity index (χ1n) is 3.67. The average molecular weight is 194 g/mol. The largest absolute Gasteiger partial charge is 0.491 e. The maximum absolute atomic E-state index is 7.52. The molecule has 0 atom stereocenters. The smallest absolute Gasteiger partial charge is 0.189 e. The van der Waals surface area contributed by atoms with Gasteiger partial charge >= 0.3 is 0 Å². The molecule has 1 aromatic rings. The number of anilines is 1. The Kier molecular flexibility index (Phi) is 2.95. The molecule has 74 valence electrons. The van der Waals surface area contributed by atoms with Crippen molar-refractivity contribution in [3.05, 3.63) is 12.0 Å². The summed E-state index contributed by atoms with van der Waals surface area (Å²) in [5.74, 6) is 5.33. The number of methoxy groups -OCH3 is 1. The summed E-state index contributed by atoms with van der Waals surface area (Å²) in [4.78, 5) is 7.56. The van der Waals surface area contributed by atoms with Crippen molar-refractivity contribution in [3.8, 4) is 5.75 Å². The summed E-state index contributed by atoms with van der Waals surface area (Å²) >= 11 is 0. The quantitative estimate of drug-likeness (QED) is 0.336. The van der Waals surface area contributed by atoms with E-state index in [1.54, 1.807) is 0 Å². The second-order valence-electron chi connectivity index (χ2n) is 2.33. The Balaban J connectivity index is 3.20. The van der Waals surface area contributed by atoms with Crippen molar-refractivity contribution in [2.45, 2.75) is 0 Å². The third kappa shape index (κ3) is 1.76. The number of ether oxygens (including phenoxy) is 1. The number of nitrogen functional groups attached to an aromatic ring is 1. The lowest BCUT2D eigenvalue weighted by Gasteiger charge is -2.06. The third-order valence-electron chi connectivity index (χ3n) is 1.49. The highest BCUT2D eigenvalue weighted by atomic mass is 16.5. The van der Waals surface area contributed by atoms with Crippen LogP contribution in [0.25, 0.3) is 0 Å². The number of aromatic nitrogens is 2. The van der Waals surface area contributed by atoms with Crippen molar-refractivity contribution in [1.82, 2.24) is 9.97 Å². The van der Waals surface area contributed by atoms with Crippen LogP contribution < -0.4 is 16.3 Å². The molecule has 0 saturated carbocycles. The molecule has 0 fully saturated rings. The van der Waals surface area contributed by atoms with Crippen LogP contribution in [-0.2, 0) is 0 Å². The third-order valence-corrected chi connectivity index (χ3v) is 1.49. The molecule has 14 heavy (non-hydrogen) atoms. The van der Waals surface area contributed by atoms with E-state index in [9.17, 15) is 0 Å². The van der Waals surface area contributed by atoms with Gasteiger partial charge in [0.25, 0.3) is 0 Å². The summed E-state index contributed by atoms with van der Waals surface area (Å²) < 4.78 is 4.95. The van der Waals surface area contributed by atoms with Gasteiger partial charge in [0.2, 0.25) is 0 Å². The molecule has 0 saturated heterocycles. The van der Waals surface area contributed by atoms with Gasteiger partial charge in [-0.15, -0.1) is 0 Å². The summed E-state index contributed by atoms with van der Waals surface area (Å²) in [6.45, 7) is 0. The maximum atomic E-state index is 7.52. The van der Waals surface area contributed by atoms with Gasteiger partial charge in [-0.05, 0) is 0 Å². The zero-order chi connectivity index (χ0) is 10.6. The molecule has 1 heterocycles. The molecule has 0 radical (unpaired) electrons. The molecule has 0 unspecified atom stereocenters. The first kappa shape index (κ1) is 9.90. The second kappa shape index (κ2) is 4.17. The van der Waals surface area contributed by atoms with Crippen molar-refractivity contribution >= 4 is 17.7 Å². The summed E-state index contributed by atoms with van der Waals surface area (Å²) in [7, 11) is 1.42. The maximum Gasteiger partial charge on any atom is 0.189 e. The van der Waals surface area contributed by atoms with Gasteiger partial charge in [-0.3, -0.25) is 5.41 Å². The van der Waals surface area contributed by atoms with Crippen molar-refractivity contribution in [1.29, 1.82) is 5.41 Å². The van der Waals surface area contributed by atoms with Crippen molar-refractivity contribution in [3.63, 3.8) is 0 Å². The zero-order valence-electron chi connectivity index (χ0n) is 7.56. The average Bonchev–Trinajstić information content (AvgIpc) is 2.17. The number of hydrogen-bond donors (Lipinski definition) is 3. The van der Waals surface area contributed by atoms with E-state index in [0.717, 1.165) is 6.21 Å². The fraction of sp³-hybridized carbons (Fsp3) is 0.143. The van der Waals surface area contributed by atoms with Crippen LogP contribution in [0.2, 0.25) is 0 Å². The van der Waals surface area contributed by atoms with Crippen LogP contribution in [0.5, 0.6) is 5.75 Å². The second-order valence-corrected chi connectivity index (χ2v) is 2.33. The minimum absolute atomic E-state index is 0.0125. The SMILES string of the molecule is COc1c(N)ncnc1C(=N)/C=N\N. The molecule has 7 heteroatoms. The van der Waals surface area contributed by atoms with E-state index < -0.39 is 0 Å². The van der Waals surface area contributed by atoms with Crippen LogP contribution in [0.4, 0.5) is 5.82 Å². The highest BCUT2D eigenvalue weighted by Crippen LogP contribution is 2.21. The number of nitrogens with two attached hydrogens (primary N) is 2. The van der Waals surface area contributed by atoms with Gasteiger partial charge in [0.1, 0.15) is 17.7 Å². The van der Waals surface area contributed by atoms with E-state index in [4.69, 9.17) is 21.7 Å². The molecule has 7 nitrogen and oxygen atoms in total. The fourth-order valence-corrected chi connectivity index (χ4v) is 0.916. The van der Waals surface area contributed by atoms with E-state index in [0.29, 0.717) is 0 Å². The number of hydrogen-bond acceptors (Lipinski definition) is 7. The Morgan fingerprint density at radius 3 is 2.93 bits per heavy atom. The molecule has 0 aromatic carbocycles. The molecule has 0 spiro atoms. The Morgan fingerprint density at radius 2 is 2.36 bits per heavy atom. The van der Waals surface area contributed by atoms with Gasteiger partial charge in [-0.1, -0.05) is 0 Å². The monoisotopic (exact) mass is 194 g/mol. The summed E-state index contributed by atoms with van der Waals surface area (Å²) in [6, 6.07) is 0. The first-order valence-corrected chi connectivity index (χ1v) is 3.67. The Hall–Kier alpha value is -2.18. The molecule has 0 aliphatic rings. The van der Waals surface area contributed by atoms with Crippen LogP contribution in [0.1, 0.15) is 5.69 Å². The van der Waals surface area contributed by atoms with Crippen LogP contribution in [0.15, 0.2) is 11.4 Å². The van der Waals surface area contributed by atoms with E-state index in [1.807, 2.05) is 0 Å². The minimum Gasteiger partial charge on any atom is -0.491 e. The lowest BCUT2D eigenvalue weighted by Crippen LogP contribution is -2.10. The normalized spacial score (nSPS) is 10.4. The Bertz CT molecular complexity index is 374. The molecule has 1 aromatic heterocycles. The molecular weight excluding hydrogens is 184 g/mol. The lowest BCUT2D eigenvalue weighted by atomic mass is 10.2. The number of hydrazone groups is 1. The molecule has 0 aliphatic heterocycles. The summed E-state index contributed by atoms with van der Waals surface area (Å²) in [6.07, 6.45) is 2.39. The predicted molar refractivity (Wildman–Crippen MR) is 52.5 cm³/mol. The van der Waals surface area contributed by atoms with Gasteiger partial charge < -0.3 is 16.3 Å². The van der Waals surface area contributed by atoms with Gasteiger partial charge in [0, 0.05) is 0 Å². The van der Waals surface area contributed by atoms with Crippen LogP contribution in [0, 0.1) is 5.41 Å². The zero-order valence-corrected chi connectivity index (χ0v) is 7.56. The predicted octanol–water partition coefficient (Wildman–Crippen LogP) is -0.620. The number of nitrogens with one attached hydrogen (secondary N) is 1. The Morgan fingerprint density at radius 1 is 1.64 bits per heavy atom. The standard InChI is InChI=1S/C7H10N6O/c1-14-6-5(4(8)2-13-10)11-3-12-7(6)9/h2-3,8H,10H2,1H3,(H2,9,11,12)/b8-4?,13-2-. The van der Waals surface area contributed by atoms with E-state index in [-0.39, 0.29) is 23.0 Å².